The van der Waals surface area contributed by atoms with E-state index in [2.05, 4.69) is 17.4 Å². The summed E-state index contributed by atoms with van der Waals surface area (Å²) in [6.45, 7) is 0. The van der Waals surface area contributed by atoms with Crippen LogP contribution in [-0.2, 0) is 4.79 Å². The molecule has 4 heteroatoms. The van der Waals surface area contributed by atoms with Gasteiger partial charge in [0.15, 0.2) is 0 Å². The van der Waals surface area contributed by atoms with Crippen LogP contribution in [0.5, 0.6) is 0 Å². The van der Waals surface area contributed by atoms with Gasteiger partial charge in [-0.1, -0.05) is 59.6 Å². The van der Waals surface area contributed by atoms with E-state index in [1.54, 1.807) is 6.07 Å². The summed E-state index contributed by atoms with van der Waals surface area (Å²) < 4.78 is 0. The summed E-state index contributed by atoms with van der Waals surface area (Å²) in [5.41, 5.74) is 2.91. The Morgan fingerprint density at radius 2 is 1.83 bits per heavy atom. The van der Waals surface area contributed by atoms with Crippen LogP contribution in [-0.4, -0.2) is 5.91 Å². The number of amides is 1. The molecule has 3 aromatic rings. The van der Waals surface area contributed by atoms with Crippen molar-refractivity contribution in [2.75, 3.05) is 5.32 Å². The van der Waals surface area contributed by atoms with Crippen LogP contribution < -0.4 is 5.32 Å². The van der Waals surface area contributed by atoms with Crippen LogP contribution >= 0.6 is 23.2 Å². The minimum absolute atomic E-state index is 0.00352. The molecular weight excluding hydrogens is 329 g/mol. The van der Waals surface area contributed by atoms with Gasteiger partial charge >= 0.3 is 0 Å². The molecule has 0 bridgehead atoms. The lowest BCUT2D eigenvalue weighted by Gasteiger charge is -2.28. The fraction of sp³-hybridized carbons (Fsp3) is 0.105. The Kier molecular flexibility index (Phi) is 3.51. The summed E-state index contributed by atoms with van der Waals surface area (Å²) in [5.74, 6) is -0.0709. The monoisotopic (exact) mass is 341 g/mol. The van der Waals surface area contributed by atoms with Crippen LogP contribution in [0.1, 0.15) is 23.5 Å². The molecule has 23 heavy (non-hydrogen) atoms. The fourth-order valence-corrected chi connectivity index (χ4v) is 3.86. The topological polar surface area (TPSA) is 29.1 Å². The standard InChI is InChI=1S/C19H13Cl2NO/c20-12-6-7-14(16(21)9-12)15-10-18(23)22-17-8-5-11-3-1-2-4-13(11)19(15)17/h1-9,15H,10H2,(H,22,23)/t15-/m0/s1. The number of fused-ring (bicyclic) bond motifs is 3. The van der Waals surface area contributed by atoms with E-state index >= 15 is 0 Å². The minimum Gasteiger partial charge on any atom is -0.326 e. The molecule has 0 aromatic heterocycles. The van der Waals surface area contributed by atoms with Gasteiger partial charge in [0.2, 0.25) is 5.91 Å². The Hall–Kier alpha value is -2.03. The largest absolute Gasteiger partial charge is 0.326 e. The molecule has 0 fully saturated rings. The van der Waals surface area contributed by atoms with Gasteiger partial charge in [-0.2, -0.15) is 0 Å². The van der Waals surface area contributed by atoms with Crippen molar-refractivity contribution in [3.8, 4) is 0 Å². The van der Waals surface area contributed by atoms with E-state index in [4.69, 9.17) is 23.2 Å². The smallest absolute Gasteiger partial charge is 0.225 e. The summed E-state index contributed by atoms with van der Waals surface area (Å²) in [7, 11) is 0. The molecule has 1 atom stereocenters. The van der Waals surface area contributed by atoms with E-state index in [0.717, 1.165) is 27.6 Å². The van der Waals surface area contributed by atoms with Crippen molar-refractivity contribution in [2.24, 2.45) is 0 Å². The van der Waals surface area contributed by atoms with Crippen LogP contribution in [0, 0.1) is 0 Å². The molecule has 0 aliphatic carbocycles. The molecule has 1 N–H and O–H groups in total. The predicted octanol–water partition coefficient (Wildman–Crippen LogP) is 5.62. The predicted molar refractivity (Wildman–Crippen MR) is 95.5 cm³/mol. The van der Waals surface area contributed by atoms with Gasteiger partial charge < -0.3 is 5.32 Å². The van der Waals surface area contributed by atoms with Gasteiger partial charge in [-0.05, 0) is 40.1 Å². The molecule has 0 saturated carbocycles. The van der Waals surface area contributed by atoms with Crippen molar-refractivity contribution in [1.82, 2.24) is 0 Å². The molecule has 1 aliphatic rings. The van der Waals surface area contributed by atoms with E-state index in [0.29, 0.717) is 16.5 Å². The van der Waals surface area contributed by atoms with E-state index in [1.807, 2.05) is 36.4 Å². The van der Waals surface area contributed by atoms with Crippen LogP contribution in [0.15, 0.2) is 54.6 Å². The van der Waals surface area contributed by atoms with Gasteiger partial charge in [0.25, 0.3) is 0 Å². The van der Waals surface area contributed by atoms with Gasteiger partial charge in [0.1, 0.15) is 0 Å². The first-order valence-corrected chi connectivity index (χ1v) is 8.15. The maximum Gasteiger partial charge on any atom is 0.225 e. The molecule has 3 aromatic carbocycles. The molecule has 0 spiro atoms. The SMILES string of the molecule is O=C1C[C@@H](c2ccc(Cl)cc2Cl)c2c(ccc3ccccc23)N1. The van der Waals surface area contributed by atoms with E-state index < -0.39 is 0 Å². The summed E-state index contributed by atoms with van der Waals surface area (Å²) in [6, 6.07) is 17.6. The minimum atomic E-state index is -0.0744. The molecule has 1 aliphatic heterocycles. The van der Waals surface area contributed by atoms with Gasteiger partial charge in [-0.25, -0.2) is 0 Å². The Morgan fingerprint density at radius 3 is 2.65 bits per heavy atom. The number of anilines is 1. The van der Waals surface area contributed by atoms with Crippen LogP contribution in [0.3, 0.4) is 0 Å². The number of carbonyl (C=O) groups excluding carboxylic acids is 1. The van der Waals surface area contributed by atoms with Crippen molar-refractivity contribution in [3.63, 3.8) is 0 Å². The average Bonchev–Trinajstić information content (AvgIpc) is 2.53. The summed E-state index contributed by atoms with van der Waals surface area (Å²) >= 11 is 12.4. The third-order valence-corrected chi connectivity index (χ3v) is 4.88. The van der Waals surface area contributed by atoms with Crippen molar-refractivity contribution < 1.29 is 4.79 Å². The molecule has 0 radical (unpaired) electrons. The van der Waals surface area contributed by atoms with Gasteiger partial charge in [-0.15, -0.1) is 0 Å². The molecule has 2 nitrogen and oxygen atoms in total. The maximum atomic E-state index is 12.1. The molecule has 1 amide bonds. The number of halogens is 2. The van der Waals surface area contributed by atoms with E-state index in [1.165, 1.54) is 0 Å². The summed E-state index contributed by atoms with van der Waals surface area (Å²) in [6.07, 6.45) is 0.377. The Labute approximate surface area is 144 Å². The molecule has 0 saturated heterocycles. The number of hydrogen-bond acceptors (Lipinski definition) is 1. The normalized spacial score (nSPS) is 17.0. The Bertz CT molecular complexity index is 936. The number of hydrogen-bond donors (Lipinski definition) is 1. The summed E-state index contributed by atoms with van der Waals surface area (Å²) in [5, 5.41) is 6.45. The second-order valence-corrected chi connectivity index (χ2v) is 6.56. The van der Waals surface area contributed by atoms with Crippen molar-refractivity contribution in [1.29, 1.82) is 0 Å². The lowest BCUT2D eigenvalue weighted by molar-refractivity contribution is -0.116. The zero-order valence-corrected chi connectivity index (χ0v) is 13.7. The van der Waals surface area contributed by atoms with Crippen molar-refractivity contribution in [3.05, 3.63) is 75.8 Å². The van der Waals surface area contributed by atoms with Crippen LogP contribution in [0.4, 0.5) is 5.69 Å². The molecule has 1 heterocycles. The first-order chi connectivity index (χ1) is 11.1. The van der Waals surface area contributed by atoms with Gasteiger partial charge in [0.05, 0.1) is 0 Å². The highest BCUT2D eigenvalue weighted by atomic mass is 35.5. The fourth-order valence-electron chi connectivity index (χ4n) is 3.32. The van der Waals surface area contributed by atoms with Crippen LogP contribution in [0.2, 0.25) is 10.0 Å². The lowest BCUT2D eigenvalue weighted by atomic mass is 9.82. The van der Waals surface area contributed by atoms with Gasteiger partial charge in [-0.3, -0.25) is 4.79 Å². The van der Waals surface area contributed by atoms with Gasteiger partial charge in [0, 0.05) is 28.1 Å². The van der Waals surface area contributed by atoms with E-state index in [9.17, 15) is 4.79 Å². The highest BCUT2D eigenvalue weighted by molar-refractivity contribution is 6.35. The third kappa shape index (κ3) is 2.48. The molecule has 0 unspecified atom stereocenters. The Morgan fingerprint density at radius 1 is 1.00 bits per heavy atom. The highest BCUT2D eigenvalue weighted by Gasteiger charge is 2.29. The van der Waals surface area contributed by atoms with Crippen LogP contribution in [0.25, 0.3) is 10.8 Å². The number of rotatable bonds is 1. The number of nitrogens with one attached hydrogen (secondary N) is 1. The first-order valence-electron chi connectivity index (χ1n) is 7.40. The number of benzene rings is 3. The summed E-state index contributed by atoms with van der Waals surface area (Å²) in [4.78, 5) is 12.1. The molecule has 114 valence electrons. The zero-order valence-electron chi connectivity index (χ0n) is 12.1. The molecule has 4 rings (SSSR count). The molecular formula is C19H13Cl2NO. The highest BCUT2D eigenvalue weighted by Crippen LogP contribution is 2.43. The second-order valence-electron chi connectivity index (χ2n) is 5.72. The Balaban J connectivity index is 1.99. The third-order valence-electron chi connectivity index (χ3n) is 4.32. The maximum absolute atomic E-state index is 12.1. The lowest BCUT2D eigenvalue weighted by Crippen LogP contribution is -2.24. The first kappa shape index (κ1) is 14.6. The quantitative estimate of drug-likeness (QED) is 0.611. The van der Waals surface area contributed by atoms with Crippen molar-refractivity contribution in [2.45, 2.75) is 12.3 Å². The average molecular weight is 342 g/mol. The second kappa shape index (κ2) is 5.55. The van der Waals surface area contributed by atoms with Crippen molar-refractivity contribution >= 4 is 45.6 Å². The number of carbonyl (C=O) groups is 1. The van der Waals surface area contributed by atoms with E-state index in [-0.39, 0.29) is 11.8 Å². The zero-order chi connectivity index (χ0) is 16.0.